The second kappa shape index (κ2) is 4.44. The zero-order chi connectivity index (χ0) is 11.6. The minimum atomic E-state index is -1.15. The van der Waals surface area contributed by atoms with E-state index in [0.717, 1.165) is 5.56 Å². The predicted octanol–water partition coefficient (Wildman–Crippen LogP) is 1.42. The minimum Gasteiger partial charge on any atom is -0.478 e. The average Bonchev–Trinajstić information content (AvgIpc) is 2.15. The van der Waals surface area contributed by atoms with Gasteiger partial charge in [0.1, 0.15) is 11.0 Å². The highest BCUT2D eigenvalue weighted by Gasteiger charge is 2.09. The molecule has 15 heavy (non-hydrogen) atoms. The van der Waals surface area contributed by atoms with Crippen LogP contribution in [-0.2, 0) is 11.0 Å². The van der Waals surface area contributed by atoms with Crippen molar-refractivity contribution in [1.82, 2.24) is 0 Å². The summed E-state index contributed by atoms with van der Waals surface area (Å²) in [5.41, 5.74) is 1.69. The van der Waals surface area contributed by atoms with E-state index < -0.39 is 17.0 Å². The number of hydrogen-bond acceptors (Lipinski definition) is 2. The third-order valence-corrected chi connectivity index (χ3v) is 3.04. The van der Waals surface area contributed by atoms with Crippen molar-refractivity contribution in [3.63, 3.8) is 0 Å². The predicted molar refractivity (Wildman–Crippen MR) is 60.6 cm³/mol. The van der Waals surface area contributed by atoms with Crippen molar-refractivity contribution in [3.05, 3.63) is 29.3 Å². The molecule has 0 aromatic heterocycles. The van der Waals surface area contributed by atoms with Gasteiger partial charge in [-0.05, 0) is 30.7 Å². The summed E-state index contributed by atoms with van der Waals surface area (Å²) in [6.45, 7) is 1.81. The van der Waals surface area contributed by atoms with Crippen molar-refractivity contribution in [2.45, 2.75) is 6.92 Å². The molecule has 0 amide bonds. The van der Waals surface area contributed by atoms with Gasteiger partial charge in [-0.25, -0.2) is 9.00 Å². The molecule has 0 fully saturated rings. The Morgan fingerprint density at radius 1 is 1.40 bits per heavy atom. The fraction of sp³-hybridized carbons (Fsp3) is 0.300. The van der Waals surface area contributed by atoms with Gasteiger partial charge < -0.3 is 5.11 Å². The summed E-state index contributed by atoms with van der Waals surface area (Å²) < 4.78 is 12.8. The number of carboxylic acids is 1. The largest absolute Gasteiger partial charge is 0.478 e. The van der Waals surface area contributed by atoms with Crippen LogP contribution in [0.2, 0.25) is 0 Å². The molecular weight excluding hydrogens is 214 g/mol. The van der Waals surface area contributed by atoms with E-state index in [-0.39, 0.29) is 5.56 Å². The SMILES string of the molecule is Cc1cc(C(=O)O)cc(N(C)S(C)=O)c1. The normalized spacial score (nSPS) is 12.2. The van der Waals surface area contributed by atoms with Crippen LogP contribution in [0.3, 0.4) is 0 Å². The van der Waals surface area contributed by atoms with Gasteiger partial charge in [0.15, 0.2) is 0 Å². The van der Waals surface area contributed by atoms with Crippen LogP contribution in [0.4, 0.5) is 5.69 Å². The van der Waals surface area contributed by atoms with Gasteiger partial charge in [-0.2, -0.15) is 0 Å². The lowest BCUT2D eigenvalue weighted by Gasteiger charge is -2.16. The third kappa shape index (κ3) is 2.79. The van der Waals surface area contributed by atoms with Crippen molar-refractivity contribution in [1.29, 1.82) is 0 Å². The van der Waals surface area contributed by atoms with Crippen LogP contribution in [0.1, 0.15) is 15.9 Å². The molecule has 0 aliphatic heterocycles. The molecule has 0 saturated heterocycles. The van der Waals surface area contributed by atoms with Gasteiger partial charge in [0.2, 0.25) is 0 Å². The molecule has 0 heterocycles. The number of aromatic carboxylic acids is 1. The van der Waals surface area contributed by atoms with E-state index in [1.807, 2.05) is 6.92 Å². The summed E-state index contributed by atoms with van der Waals surface area (Å²) in [7, 11) is 0.513. The summed E-state index contributed by atoms with van der Waals surface area (Å²) >= 11 is 0. The molecule has 1 atom stereocenters. The van der Waals surface area contributed by atoms with Crippen LogP contribution in [0.5, 0.6) is 0 Å². The van der Waals surface area contributed by atoms with Crippen molar-refractivity contribution in [2.24, 2.45) is 0 Å². The molecule has 4 nitrogen and oxygen atoms in total. The van der Waals surface area contributed by atoms with E-state index in [1.165, 1.54) is 10.4 Å². The van der Waals surface area contributed by atoms with Crippen LogP contribution in [0, 0.1) is 6.92 Å². The summed E-state index contributed by atoms with van der Waals surface area (Å²) in [5, 5.41) is 8.86. The molecule has 5 heteroatoms. The van der Waals surface area contributed by atoms with Gasteiger partial charge in [-0.1, -0.05) is 0 Å². The van der Waals surface area contributed by atoms with Crippen LogP contribution in [0.15, 0.2) is 18.2 Å². The topological polar surface area (TPSA) is 57.6 Å². The molecule has 0 bridgehead atoms. The fourth-order valence-electron chi connectivity index (χ4n) is 1.22. The summed E-state index contributed by atoms with van der Waals surface area (Å²) in [4.78, 5) is 10.8. The van der Waals surface area contributed by atoms with Gasteiger partial charge in [0.25, 0.3) is 0 Å². The van der Waals surface area contributed by atoms with Crippen LogP contribution >= 0.6 is 0 Å². The molecule has 0 aliphatic carbocycles. The lowest BCUT2D eigenvalue weighted by Crippen LogP contribution is -2.19. The lowest BCUT2D eigenvalue weighted by molar-refractivity contribution is 0.0697. The van der Waals surface area contributed by atoms with Gasteiger partial charge in [-0.15, -0.1) is 0 Å². The highest BCUT2D eigenvalue weighted by atomic mass is 32.2. The average molecular weight is 227 g/mol. The minimum absolute atomic E-state index is 0.210. The Kier molecular flexibility index (Phi) is 3.47. The van der Waals surface area contributed by atoms with E-state index in [4.69, 9.17) is 5.11 Å². The standard InChI is InChI=1S/C10H13NO3S/c1-7-4-8(10(12)13)6-9(5-7)11(2)15(3)14/h4-6H,1-3H3,(H,12,13). The molecular formula is C10H13NO3S. The van der Waals surface area contributed by atoms with Crippen LogP contribution < -0.4 is 4.31 Å². The molecule has 1 aromatic carbocycles. The first-order valence-electron chi connectivity index (χ1n) is 4.34. The van der Waals surface area contributed by atoms with Crippen LogP contribution in [-0.4, -0.2) is 28.6 Å². The smallest absolute Gasteiger partial charge is 0.335 e. The van der Waals surface area contributed by atoms with E-state index >= 15 is 0 Å². The van der Waals surface area contributed by atoms with Gasteiger partial charge >= 0.3 is 5.97 Å². The van der Waals surface area contributed by atoms with Crippen molar-refractivity contribution < 1.29 is 14.1 Å². The number of anilines is 1. The highest BCUT2D eigenvalue weighted by Crippen LogP contribution is 2.18. The van der Waals surface area contributed by atoms with E-state index in [2.05, 4.69) is 0 Å². The number of hydrogen-bond donors (Lipinski definition) is 1. The molecule has 1 aromatic rings. The van der Waals surface area contributed by atoms with E-state index in [1.54, 1.807) is 25.4 Å². The molecule has 0 saturated carbocycles. The number of aryl methyl sites for hydroxylation is 1. The van der Waals surface area contributed by atoms with Gasteiger partial charge in [0, 0.05) is 13.3 Å². The summed E-state index contributed by atoms with van der Waals surface area (Å²) in [6.07, 6.45) is 1.54. The molecule has 0 aliphatic rings. The molecule has 1 rings (SSSR count). The first-order valence-corrected chi connectivity index (χ1v) is 5.85. The number of benzene rings is 1. The lowest BCUT2D eigenvalue weighted by atomic mass is 10.1. The van der Waals surface area contributed by atoms with Gasteiger partial charge in [0.05, 0.1) is 11.3 Å². The number of carbonyl (C=O) groups is 1. The van der Waals surface area contributed by atoms with Crippen molar-refractivity contribution >= 4 is 22.6 Å². The Balaban J connectivity index is 3.20. The molecule has 0 radical (unpaired) electrons. The Labute approximate surface area is 91.1 Å². The number of rotatable bonds is 3. The monoisotopic (exact) mass is 227 g/mol. The number of carboxylic acid groups (broad SMARTS) is 1. The second-order valence-electron chi connectivity index (χ2n) is 3.28. The first kappa shape index (κ1) is 11.7. The molecule has 82 valence electrons. The third-order valence-electron chi connectivity index (χ3n) is 2.06. The Bertz CT molecular complexity index is 417. The quantitative estimate of drug-likeness (QED) is 0.849. The summed E-state index contributed by atoms with van der Waals surface area (Å²) in [6, 6.07) is 4.89. The Hall–Kier alpha value is -1.36. The zero-order valence-electron chi connectivity index (χ0n) is 8.85. The van der Waals surface area contributed by atoms with E-state index in [9.17, 15) is 9.00 Å². The van der Waals surface area contributed by atoms with Crippen LogP contribution in [0.25, 0.3) is 0 Å². The maximum atomic E-state index is 11.2. The van der Waals surface area contributed by atoms with E-state index in [0.29, 0.717) is 5.69 Å². The van der Waals surface area contributed by atoms with Crippen molar-refractivity contribution in [3.8, 4) is 0 Å². The Morgan fingerprint density at radius 3 is 2.47 bits per heavy atom. The first-order chi connectivity index (χ1) is 6.91. The number of nitrogens with zero attached hydrogens (tertiary/aromatic N) is 1. The second-order valence-corrected chi connectivity index (χ2v) is 4.68. The highest BCUT2D eigenvalue weighted by molar-refractivity contribution is 7.85. The fourth-order valence-corrected chi connectivity index (χ4v) is 1.62. The molecule has 1 unspecified atom stereocenters. The molecule has 0 spiro atoms. The maximum absolute atomic E-state index is 11.2. The summed E-state index contributed by atoms with van der Waals surface area (Å²) in [5.74, 6) is -0.977. The zero-order valence-corrected chi connectivity index (χ0v) is 9.67. The van der Waals surface area contributed by atoms with Gasteiger partial charge in [-0.3, -0.25) is 4.31 Å². The van der Waals surface area contributed by atoms with Crippen molar-refractivity contribution in [2.75, 3.05) is 17.6 Å². The maximum Gasteiger partial charge on any atom is 0.335 e. The Morgan fingerprint density at radius 2 is 2.00 bits per heavy atom. The molecule has 1 N–H and O–H groups in total.